The highest BCUT2D eigenvalue weighted by Gasteiger charge is 2.25. The smallest absolute Gasteiger partial charge is 0.0897 e. The van der Waals surface area contributed by atoms with E-state index in [9.17, 15) is 0 Å². The minimum atomic E-state index is 0.332. The molecule has 0 fully saturated rings. The molecule has 98 valence electrons. The fourth-order valence-corrected chi connectivity index (χ4v) is 2.52. The second kappa shape index (κ2) is 6.50. The molecule has 0 spiro atoms. The summed E-state index contributed by atoms with van der Waals surface area (Å²) in [6.07, 6.45) is 2.29. The number of thiazole rings is 1. The number of rotatable bonds is 6. The Hall–Kier alpha value is -0.410. The zero-order valence-corrected chi connectivity index (χ0v) is 12.7. The average molecular weight is 254 g/mol. The summed E-state index contributed by atoms with van der Waals surface area (Å²) in [6.45, 7) is 13.5. The Balaban J connectivity index is 2.57. The SMILES string of the molecule is CCCNCC(Cc1csc(C)n1)C(C)(C)C. The molecule has 3 heteroatoms. The van der Waals surface area contributed by atoms with E-state index in [4.69, 9.17) is 0 Å². The molecule has 1 rings (SSSR count). The molecule has 0 aliphatic carbocycles. The van der Waals surface area contributed by atoms with Crippen molar-refractivity contribution in [2.75, 3.05) is 13.1 Å². The molecule has 17 heavy (non-hydrogen) atoms. The van der Waals surface area contributed by atoms with E-state index in [1.165, 1.54) is 17.1 Å². The quantitative estimate of drug-likeness (QED) is 0.784. The first-order valence-corrected chi connectivity index (χ1v) is 7.43. The number of hydrogen-bond acceptors (Lipinski definition) is 3. The highest BCUT2D eigenvalue weighted by molar-refractivity contribution is 7.09. The monoisotopic (exact) mass is 254 g/mol. The molecule has 0 amide bonds. The summed E-state index contributed by atoms with van der Waals surface area (Å²) in [7, 11) is 0. The van der Waals surface area contributed by atoms with Gasteiger partial charge in [-0.15, -0.1) is 11.3 Å². The Morgan fingerprint density at radius 3 is 2.59 bits per heavy atom. The van der Waals surface area contributed by atoms with Crippen molar-refractivity contribution in [1.82, 2.24) is 10.3 Å². The number of aryl methyl sites for hydroxylation is 1. The van der Waals surface area contributed by atoms with Gasteiger partial charge in [-0.05, 0) is 44.2 Å². The van der Waals surface area contributed by atoms with E-state index in [1.807, 2.05) is 0 Å². The first-order chi connectivity index (χ1) is 7.93. The Morgan fingerprint density at radius 1 is 1.41 bits per heavy atom. The van der Waals surface area contributed by atoms with E-state index in [0.29, 0.717) is 11.3 Å². The van der Waals surface area contributed by atoms with E-state index >= 15 is 0 Å². The van der Waals surface area contributed by atoms with Gasteiger partial charge in [-0.2, -0.15) is 0 Å². The van der Waals surface area contributed by atoms with Crippen LogP contribution in [0.25, 0.3) is 0 Å². The lowest BCUT2D eigenvalue weighted by Gasteiger charge is -2.30. The first-order valence-electron chi connectivity index (χ1n) is 6.55. The predicted molar refractivity (Wildman–Crippen MR) is 76.7 cm³/mol. The van der Waals surface area contributed by atoms with Gasteiger partial charge in [0.2, 0.25) is 0 Å². The van der Waals surface area contributed by atoms with Crippen molar-refractivity contribution in [1.29, 1.82) is 0 Å². The van der Waals surface area contributed by atoms with Gasteiger partial charge in [0.25, 0.3) is 0 Å². The highest BCUT2D eigenvalue weighted by atomic mass is 32.1. The van der Waals surface area contributed by atoms with Crippen molar-refractivity contribution in [2.24, 2.45) is 11.3 Å². The maximum absolute atomic E-state index is 4.58. The zero-order valence-electron chi connectivity index (χ0n) is 11.8. The van der Waals surface area contributed by atoms with Crippen LogP contribution >= 0.6 is 11.3 Å². The van der Waals surface area contributed by atoms with Gasteiger partial charge in [-0.3, -0.25) is 0 Å². The van der Waals surface area contributed by atoms with Gasteiger partial charge in [0.15, 0.2) is 0 Å². The molecule has 1 unspecified atom stereocenters. The van der Waals surface area contributed by atoms with Crippen LogP contribution in [0.15, 0.2) is 5.38 Å². The molecule has 0 aromatic carbocycles. The molecule has 0 saturated carbocycles. The van der Waals surface area contributed by atoms with Gasteiger partial charge in [-0.1, -0.05) is 27.7 Å². The van der Waals surface area contributed by atoms with Crippen LogP contribution in [-0.4, -0.2) is 18.1 Å². The standard InChI is InChI=1S/C14H26N2S/c1-6-7-15-9-12(14(3,4)5)8-13-10-17-11(2)16-13/h10,12,15H,6-9H2,1-5H3. The van der Waals surface area contributed by atoms with Crippen molar-refractivity contribution < 1.29 is 0 Å². The molecule has 0 aliphatic heterocycles. The summed E-state index contributed by atoms with van der Waals surface area (Å²) >= 11 is 1.75. The summed E-state index contributed by atoms with van der Waals surface area (Å²) in [5.74, 6) is 0.649. The van der Waals surface area contributed by atoms with Crippen molar-refractivity contribution in [3.8, 4) is 0 Å². The molecule has 0 aliphatic rings. The minimum absolute atomic E-state index is 0.332. The Bertz CT molecular complexity index is 325. The Morgan fingerprint density at radius 2 is 2.12 bits per heavy atom. The van der Waals surface area contributed by atoms with Crippen LogP contribution < -0.4 is 5.32 Å². The second-order valence-corrected chi connectivity index (χ2v) is 6.89. The maximum Gasteiger partial charge on any atom is 0.0897 e. The third-order valence-electron chi connectivity index (χ3n) is 3.16. The van der Waals surface area contributed by atoms with Gasteiger partial charge in [0.05, 0.1) is 10.7 Å². The van der Waals surface area contributed by atoms with Gasteiger partial charge in [0, 0.05) is 5.38 Å². The average Bonchev–Trinajstić information content (AvgIpc) is 2.61. The van der Waals surface area contributed by atoms with Gasteiger partial charge in [-0.25, -0.2) is 4.98 Å². The van der Waals surface area contributed by atoms with Crippen molar-refractivity contribution in [3.05, 3.63) is 16.1 Å². The topological polar surface area (TPSA) is 24.9 Å². The number of nitrogens with one attached hydrogen (secondary N) is 1. The van der Waals surface area contributed by atoms with Crippen LogP contribution in [0.5, 0.6) is 0 Å². The lowest BCUT2D eigenvalue weighted by atomic mass is 9.78. The lowest BCUT2D eigenvalue weighted by molar-refractivity contribution is 0.229. The highest BCUT2D eigenvalue weighted by Crippen LogP contribution is 2.28. The summed E-state index contributed by atoms with van der Waals surface area (Å²) in [5, 5.41) is 6.92. The van der Waals surface area contributed by atoms with Gasteiger partial charge < -0.3 is 5.32 Å². The van der Waals surface area contributed by atoms with Gasteiger partial charge >= 0.3 is 0 Å². The van der Waals surface area contributed by atoms with Crippen LogP contribution in [0.1, 0.15) is 44.8 Å². The van der Waals surface area contributed by atoms with Crippen LogP contribution in [0, 0.1) is 18.3 Å². The zero-order chi connectivity index (χ0) is 12.9. The lowest BCUT2D eigenvalue weighted by Crippen LogP contribution is -2.33. The molecule has 1 N–H and O–H groups in total. The van der Waals surface area contributed by atoms with E-state index in [0.717, 1.165) is 19.5 Å². The number of hydrogen-bond donors (Lipinski definition) is 1. The van der Waals surface area contributed by atoms with Crippen molar-refractivity contribution in [2.45, 2.75) is 47.5 Å². The minimum Gasteiger partial charge on any atom is -0.316 e. The predicted octanol–water partition coefficient (Wildman–Crippen LogP) is 3.66. The molecule has 1 atom stereocenters. The second-order valence-electron chi connectivity index (χ2n) is 5.83. The van der Waals surface area contributed by atoms with Crippen LogP contribution in [0.2, 0.25) is 0 Å². The van der Waals surface area contributed by atoms with Crippen molar-refractivity contribution >= 4 is 11.3 Å². The third kappa shape index (κ3) is 5.17. The first kappa shape index (κ1) is 14.7. The van der Waals surface area contributed by atoms with Crippen LogP contribution in [0.4, 0.5) is 0 Å². The largest absolute Gasteiger partial charge is 0.316 e. The molecule has 0 bridgehead atoms. The summed E-state index contributed by atoms with van der Waals surface area (Å²) < 4.78 is 0. The van der Waals surface area contributed by atoms with Crippen molar-refractivity contribution in [3.63, 3.8) is 0 Å². The molecule has 2 nitrogen and oxygen atoms in total. The fraction of sp³-hybridized carbons (Fsp3) is 0.786. The van der Waals surface area contributed by atoms with Crippen LogP contribution in [-0.2, 0) is 6.42 Å². The molecule has 0 saturated heterocycles. The Labute approximate surface area is 110 Å². The van der Waals surface area contributed by atoms with Crippen LogP contribution in [0.3, 0.4) is 0 Å². The summed E-state index contributed by atoms with van der Waals surface area (Å²) in [5.41, 5.74) is 1.59. The third-order valence-corrected chi connectivity index (χ3v) is 3.99. The number of aromatic nitrogens is 1. The molecule has 0 radical (unpaired) electrons. The van der Waals surface area contributed by atoms with E-state index in [2.05, 4.69) is 50.3 Å². The molecular formula is C14H26N2S. The van der Waals surface area contributed by atoms with E-state index in [-0.39, 0.29) is 0 Å². The fourth-order valence-electron chi connectivity index (χ4n) is 1.89. The molecule has 1 heterocycles. The summed E-state index contributed by atoms with van der Waals surface area (Å²) in [4.78, 5) is 4.58. The Kier molecular flexibility index (Phi) is 5.60. The van der Waals surface area contributed by atoms with E-state index in [1.54, 1.807) is 11.3 Å². The molecular weight excluding hydrogens is 228 g/mol. The number of nitrogens with zero attached hydrogens (tertiary/aromatic N) is 1. The molecule has 1 aromatic rings. The van der Waals surface area contributed by atoms with E-state index < -0.39 is 0 Å². The normalized spacial score (nSPS) is 13.9. The maximum atomic E-state index is 4.58. The summed E-state index contributed by atoms with van der Waals surface area (Å²) in [6, 6.07) is 0. The van der Waals surface area contributed by atoms with Gasteiger partial charge in [0.1, 0.15) is 0 Å². The molecule has 1 aromatic heterocycles.